The standard InChI is InChI=1S/C25H24F4N8/c1-35-6-8-36(9-7-35)15-2-4-20(30-12-15)32-25-31-13-17(27)22(34-25)14-10-16(26)23-19(11-14)37-18(24(28)29)3-5-21(37)33-23/h2,4,10-13,18,24H,3,5-9H2,1H3,(H,30,31,32,34). The van der Waals surface area contributed by atoms with Gasteiger partial charge in [-0.05, 0) is 37.7 Å². The van der Waals surface area contributed by atoms with Gasteiger partial charge in [0.15, 0.2) is 11.6 Å². The lowest BCUT2D eigenvalue weighted by atomic mass is 10.1. The maximum atomic E-state index is 14.9. The number of rotatable bonds is 5. The summed E-state index contributed by atoms with van der Waals surface area (Å²) in [5, 5.41) is 2.95. The van der Waals surface area contributed by atoms with Crippen LogP contribution in [0.2, 0.25) is 0 Å². The first kappa shape index (κ1) is 23.6. The molecule has 3 aromatic heterocycles. The summed E-state index contributed by atoms with van der Waals surface area (Å²) in [7, 11) is 2.09. The number of piperazine rings is 1. The molecule has 192 valence electrons. The minimum Gasteiger partial charge on any atom is -0.368 e. The van der Waals surface area contributed by atoms with Crippen molar-refractivity contribution in [1.82, 2.24) is 29.4 Å². The third-order valence-electron chi connectivity index (χ3n) is 6.98. The lowest BCUT2D eigenvalue weighted by molar-refractivity contribution is 0.0883. The third-order valence-corrected chi connectivity index (χ3v) is 6.98. The molecule has 12 heteroatoms. The lowest BCUT2D eigenvalue weighted by Crippen LogP contribution is -2.44. The van der Waals surface area contributed by atoms with E-state index in [-0.39, 0.29) is 34.7 Å². The Kier molecular flexibility index (Phi) is 5.90. The number of likely N-dealkylation sites (N-methyl/N-ethyl adjacent to an activating group) is 1. The Balaban J connectivity index is 1.29. The van der Waals surface area contributed by atoms with Crippen molar-refractivity contribution in [3.05, 3.63) is 54.1 Å². The molecule has 0 amide bonds. The van der Waals surface area contributed by atoms with E-state index >= 15 is 0 Å². The molecule has 2 aliphatic heterocycles. The molecule has 5 heterocycles. The number of fused-ring (bicyclic) bond motifs is 3. The molecule has 1 aromatic carbocycles. The summed E-state index contributed by atoms with van der Waals surface area (Å²) in [6, 6.07) is 5.19. The first-order valence-corrected chi connectivity index (χ1v) is 12.1. The molecule has 0 saturated carbocycles. The van der Waals surface area contributed by atoms with Gasteiger partial charge in [-0.2, -0.15) is 0 Å². The summed E-state index contributed by atoms with van der Waals surface area (Å²) < 4.78 is 58.2. The molecule has 6 rings (SSSR count). The van der Waals surface area contributed by atoms with Crippen LogP contribution in [0, 0.1) is 11.6 Å². The molecular weight excluding hydrogens is 488 g/mol. The minimum atomic E-state index is -2.62. The number of aromatic nitrogens is 5. The van der Waals surface area contributed by atoms with Crippen molar-refractivity contribution in [1.29, 1.82) is 0 Å². The van der Waals surface area contributed by atoms with E-state index in [0.717, 1.165) is 44.1 Å². The Morgan fingerprint density at radius 2 is 1.78 bits per heavy atom. The lowest BCUT2D eigenvalue weighted by Gasteiger charge is -2.33. The molecule has 8 nitrogen and oxygen atoms in total. The van der Waals surface area contributed by atoms with E-state index in [9.17, 15) is 17.6 Å². The second-order valence-corrected chi connectivity index (χ2v) is 9.37. The smallest absolute Gasteiger partial charge is 0.259 e. The van der Waals surface area contributed by atoms with Crippen molar-refractivity contribution in [2.45, 2.75) is 25.3 Å². The van der Waals surface area contributed by atoms with Crippen LogP contribution in [0.4, 0.5) is 35.0 Å². The van der Waals surface area contributed by atoms with Crippen LogP contribution < -0.4 is 10.2 Å². The zero-order valence-electron chi connectivity index (χ0n) is 20.0. The fourth-order valence-electron chi connectivity index (χ4n) is 4.98. The highest BCUT2D eigenvalue weighted by Crippen LogP contribution is 2.37. The Morgan fingerprint density at radius 3 is 2.51 bits per heavy atom. The summed E-state index contributed by atoms with van der Waals surface area (Å²) in [6.45, 7) is 3.77. The number of halogens is 4. The zero-order valence-corrected chi connectivity index (χ0v) is 20.0. The number of alkyl halides is 2. The molecule has 1 fully saturated rings. The van der Waals surface area contributed by atoms with Crippen molar-refractivity contribution in [2.24, 2.45) is 0 Å². The molecule has 0 aliphatic carbocycles. The molecule has 2 aliphatic rings. The van der Waals surface area contributed by atoms with Crippen molar-refractivity contribution in [2.75, 3.05) is 43.4 Å². The van der Waals surface area contributed by atoms with E-state index in [4.69, 9.17) is 0 Å². The molecule has 1 unspecified atom stereocenters. The van der Waals surface area contributed by atoms with Crippen molar-refractivity contribution in [3.63, 3.8) is 0 Å². The summed E-state index contributed by atoms with van der Waals surface area (Å²) >= 11 is 0. The number of hydrogen-bond donors (Lipinski definition) is 1. The molecule has 0 bridgehead atoms. The van der Waals surface area contributed by atoms with Crippen LogP contribution in [-0.4, -0.2) is 69.1 Å². The van der Waals surface area contributed by atoms with Gasteiger partial charge in [-0.15, -0.1) is 0 Å². The summed E-state index contributed by atoms with van der Waals surface area (Å²) in [4.78, 5) is 21.4. The van der Waals surface area contributed by atoms with Gasteiger partial charge in [-0.1, -0.05) is 0 Å². The topological polar surface area (TPSA) is 75.0 Å². The maximum absolute atomic E-state index is 14.9. The minimum absolute atomic E-state index is 0.0125. The van der Waals surface area contributed by atoms with Crippen LogP contribution in [0.1, 0.15) is 18.3 Å². The molecule has 37 heavy (non-hydrogen) atoms. The van der Waals surface area contributed by atoms with Gasteiger partial charge >= 0.3 is 0 Å². The molecule has 0 radical (unpaired) electrons. The van der Waals surface area contributed by atoms with Gasteiger partial charge in [0.25, 0.3) is 6.43 Å². The van der Waals surface area contributed by atoms with E-state index in [1.54, 1.807) is 12.3 Å². The van der Waals surface area contributed by atoms with Gasteiger partial charge in [-0.25, -0.2) is 37.5 Å². The second-order valence-electron chi connectivity index (χ2n) is 9.37. The Morgan fingerprint density at radius 1 is 0.973 bits per heavy atom. The predicted octanol–water partition coefficient (Wildman–Crippen LogP) is 4.41. The van der Waals surface area contributed by atoms with Crippen molar-refractivity contribution < 1.29 is 17.6 Å². The highest BCUT2D eigenvalue weighted by atomic mass is 19.3. The number of nitrogens with one attached hydrogen (secondary N) is 1. The predicted molar refractivity (Wildman–Crippen MR) is 131 cm³/mol. The van der Waals surface area contributed by atoms with Crippen molar-refractivity contribution in [3.8, 4) is 11.3 Å². The Hall–Kier alpha value is -3.80. The zero-order chi connectivity index (χ0) is 25.7. The second kappa shape index (κ2) is 9.25. The van der Waals surface area contributed by atoms with E-state index in [0.29, 0.717) is 18.1 Å². The van der Waals surface area contributed by atoms with Crippen LogP contribution >= 0.6 is 0 Å². The molecule has 1 saturated heterocycles. The number of benzene rings is 1. The third kappa shape index (κ3) is 4.35. The SMILES string of the molecule is CN1CCN(c2ccc(Nc3ncc(F)c(-c4cc(F)c5nc6n(c5c4)C(C(F)F)CC6)n3)nc2)CC1. The fourth-order valence-corrected chi connectivity index (χ4v) is 4.98. The monoisotopic (exact) mass is 512 g/mol. The van der Waals surface area contributed by atoms with Gasteiger partial charge in [0.2, 0.25) is 5.95 Å². The van der Waals surface area contributed by atoms with E-state index in [1.807, 2.05) is 6.07 Å². The maximum Gasteiger partial charge on any atom is 0.259 e. The van der Waals surface area contributed by atoms with Crippen LogP contribution in [0.25, 0.3) is 22.3 Å². The van der Waals surface area contributed by atoms with E-state index < -0.39 is 24.1 Å². The van der Waals surface area contributed by atoms with Crippen molar-refractivity contribution >= 4 is 28.5 Å². The van der Waals surface area contributed by atoms with Crippen LogP contribution in [0.15, 0.2) is 36.7 Å². The largest absolute Gasteiger partial charge is 0.368 e. The number of hydrogen-bond acceptors (Lipinski definition) is 7. The average Bonchev–Trinajstić information content (AvgIpc) is 3.47. The molecule has 1 N–H and O–H groups in total. The summed E-state index contributed by atoms with van der Waals surface area (Å²) in [6.07, 6.45) is 0.662. The number of aryl methyl sites for hydroxylation is 1. The fraction of sp³-hybridized carbons (Fsp3) is 0.360. The number of pyridine rings is 1. The molecule has 0 spiro atoms. The van der Waals surface area contributed by atoms with Gasteiger partial charge in [-0.3, -0.25) is 0 Å². The summed E-state index contributed by atoms with van der Waals surface area (Å²) in [5.41, 5.74) is 1.13. The first-order chi connectivity index (χ1) is 17.9. The normalized spacial score (nSPS) is 18.1. The van der Waals surface area contributed by atoms with Gasteiger partial charge in [0, 0.05) is 38.2 Å². The Bertz CT molecular complexity index is 1450. The average molecular weight is 513 g/mol. The van der Waals surface area contributed by atoms with E-state index in [2.05, 4.69) is 42.1 Å². The first-order valence-electron chi connectivity index (χ1n) is 12.1. The summed E-state index contributed by atoms with van der Waals surface area (Å²) in [5.74, 6) is -0.565. The number of anilines is 3. The van der Waals surface area contributed by atoms with Crippen LogP contribution in [0.5, 0.6) is 0 Å². The van der Waals surface area contributed by atoms with E-state index in [1.165, 1.54) is 10.6 Å². The van der Waals surface area contributed by atoms with Gasteiger partial charge in [0.1, 0.15) is 22.9 Å². The van der Waals surface area contributed by atoms with Crippen LogP contribution in [0.3, 0.4) is 0 Å². The molecular formula is C25H24F4N8. The van der Waals surface area contributed by atoms with Crippen LogP contribution in [-0.2, 0) is 6.42 Å². The quantitative estimate of drug-likeness (QED) is 0.397. The highest BCUT2D eigenvalue weighted by molar-refractivity contribution is 5.83. The Labute approximate surface area is 210 Å². The molecule has 1 atom stereocenters. The number of nitrogens with zero attached hydrogens (tertiary/aromatic N) is 7. The van der Waals surface area contributed by atoms with Gasteiger partial charge < -0.3 is 19.7 Å². The molecule has 4 aromatic rings. The number of imidazole rings is 1. The highest BCUT2D eigenvalue weighted by Gasteiger charge is 2.33. The van der Waals surface area contributed by atoms with Gasteiger partial charge in [0.05, 0.1) is 29.6 Å².